The van der Waals surface area contributed by atoms with Crippen LogP contribution in [0.3, 0.4) is 0 Å². The van der Waals surface area contributed by atoms with Crippen LogP contribution in [-0.4, -0.2) is 61.8 Å². The zero-order valence-electron chi connectivity index (χ0n) is 26.4. The summed E-state index contributed by atoms with van der Waals surface area (Å²) in [6.45, 7) is 19.0. The van der Waals surface area contributed by atoms with E-state index in [-0.39, 0.29) is 30.0 Å². The van der Waals surface area contributed by atoms with Gasteiger partial charge < -0.3 is 28.5 Å². The summed E-state index contributed by atoms with van der Waals surface area (Å²) in [5.74, 6) is 0. The van der Waals surface area contributed by atoms with Crippen LogP contribution in [0.25, 0.3) is 0 Å². The Balaban J connectivity index is 1.54. The number of hydrogen-bond donors (Lipinski definition) is 1. The minimum Gasteiger partial charge on any atom is -0.411 e. The maximum atomic E-state index is 10.6. The van der Waals surface area contributed by atoms with Gasteiger partial charge in [0.2, 0.25) is 0 Å². The van der Waals surface area contributed by atoms with Gasteiger partial charge in [0.05, 0.1) is 49.3 Å². The van der Waals surface area contributed by atoms with Crippen molar-refractivity contribution in [2.24, 2.45) is 0 Å². The van der Waals surface area contributed by atoms with Gasteiger partial charge in [0.15, 0.2) is 8.32 Å². The first-order valence-electron chi connectivity index (χ1n) is 15.1. The number of rotatable bonds is 11. The summed E-state index contributed by atoms with van der Waals surface area (Å²) in [4.78, 5) is 0. The molecule has 2 aromatic carbocycles. The van der Waals surface area contributed by atoms with E-state index in [1.165, 1.54) is 0 Å². The zero-order chi connectivity index (χ0) is 29.9. The van der Waals surface area contributed by atoms with Gasteiger partial charge in [0.25, 0.3) is 0 Å². The molecule has 1 N–H and O–H groups in total. The van der Waals surface area contributed by atoms with Crippen LogP contribution < -0.4 is 0 Å². The van der Waals surface area contributed by atoms with E-state index in [1.807, 2.05) is 43.3 Å². The molecule has 0 aliphatic carbocycles. The maximum Gasteiger partial charge on any atom is 0.192 e. The van der Waals surface area contributed by atoms with Crippen molar-refractivity contribution in [2.45, 2.75) is 127 Å². The summed E-state index contributed by atoms with van der Waals surface area (Å²) >= 11 is 0. The number of fused-ring (bicyclic) bond motifs is 1. The molecule has 0 aromatic heterocycles. The van der Waals surface area contributed by atoms with E-state index in [1.54, 1.807) is 0 Å². The fourth-order valence-electron chi connectivity index (χ4n) is 5.79. The fraction of sp³-hybridized carbons (Fsp3) is 0.647. The van der Waals surface area contributed by atoms with Gasteiger partial charge in [-0.15, -0.1) is 0 Å². The van der Waals surface area contributed by atoms with Crippen LogP contribution in [0.1, 0.15) is 71.9 Å². The first kappa shape index (κ1) is 32.3. The van der Waals surface area contributed by atoms with Crippen LogP contribution in [-0.2, 0) is 36.6 Å². The van der Waals surface area contributed by atoms with Crippen LogP contribution in [0, 0.1) is 0 Å². The van der Waals surface area contributed by atoms with E-state index in [0.29, 0.717) is 39.1 Å². The highest BCUT2D eigenvalue weighted by atomic mass is 28.4. The molecule has 2 saturated heterocycles. The monoisotopic (exact) mass is 584 g/mol. The van der Waals surface area contributed by atoms with Crippen molar-refractivity contribution in [2.75, 3.05) is 13.2 Å². The summed E-state index contributed by atoms with van der Waals surface area (Å²) in [5.41, 5.74) is 0.237. The molecule has 41 heavy (non-hydrogen) atoms. The summed E-state index contributed by atoms with van der Waals surface area (Å²) in [7, 11) is -2.13. The highest BCUT2D eigenvalue weighted by molar-refractivity contribution is 6.74. The molecule has 6 nitrogen and oxygen atoms in total. The third kappa shape index (κ3) is 7.50. The number of hydrogen-bond acceptors (Lipinski definition) is 6. The molecule has 228 valence electrons. The Morgan fingerprint density at radius 2 is 1.46 bits per heavy atom. The lowest BCUT2D eigenvalue weighted by Crippen LogP contribution is -2.70. The van der Waals surface area contributed by atoms with Gasteiger partial charge in [-0.05, 0) is 50.0 Å². The average molecular weight is 585 g/mol. The molecule has 4 rings (SSSR count). The molecular formula is C34H52O6Si. The Labute approximate surface area is 248 Å². The van der Waals surface area contributed by atoms with Crippen molar-refractivity contribution < 1.29 is 28.5 Å². The summed E-state index contributed by atoms with van der Waals surface area (Å²) in [6, 6.07) is 20.5. The van der Waals surface area contributed by atoms with E-state index < -0.39 is 25.1 Å². The van der Waals surface area contributed by atoms with Gasteiger partial charge >= 0.3 is 0 Å². The SMILES string of the molecule is CC(C)(C)[Si](C)(C)O[C@H]1C[C@H]2O[C@@](C)(CCOCc3ccccc3)[C@H](OCc3ccccc3)C[C@]2(C)O[C@]1(C)CO. The topological polar surface area (TPSA) is 66.4 Å². The smallest absolute Gasteiger partial charge is 0.192 e. The third-order valence-electron chi connectivity index (χ3n) is 9.65. The summed E-state index contributed by atoms with van der Waals surface area (Å²) in [6.07, 6.45) is 1.31. The van der Waals surface area contributed by atoms with Crippen molar-refractivity contribution in [1.29, 1.82) is 0 Å². The van der Waals surface area contributed by atoms with Gasteiger partial charge in [-0.2, -0.15) is 0 Å². The average Bonchev–Trinajstić information content (AvgIpc) is 2.92. The van der Waals surface area contributed by atoms with Gasteiger partial charge in [-0.3, -0.25) is 0 Å². The first-order chi connectivity index (χ1) is 19.2. The Hall–Kier alpha value is -1.58. The first-order valence-corrected chi connectivity index (χ1v) is 18.0. The van der Waals surface area contributed by atoms with Gasteiger partial charge in [-0.1, -0.05) is 81.4 Å². The molecule has 2 fully saturated rings. The Morgan fingerprint density at radius 3 is 2.02 bits per heavy atom. The fourth-order valence-corrected chi connectivity index (χ4v) is 7.20. The maximum absolute atomic E-state index is 10.6. The minimum absolute atomic E-state index is 0.0402. The van der Waals surface area contributed by atoms with Crippen molar-refractivity contribution >= 4 is 8.32 Å². The Kier molecular flexibility index (Phi) is 9.91. The Bertz CT molecular complexity index is 1110. The van der Waals surface area contributed by atoms with Gasteiger partial charge in [0, 0.05) is 25.9 Å². The minimum atomic E-state index is -2.13. The molecular weight excluding hydrogens is 532 g/mol. The van der Waals surface area contributed by atoms with Crippen molar-refractivity contribution in [3.63, 3.8) is 0 Å². The van der Waals surface area contributed by atoms with E-state index in [0.717, 1.165) is 11.1 Å². The number of benzene rings is 2. The third-order valence-corrected chi connectivity index (χ3v) is 14.1. The lowest BCUT2D eigenvalue weighted by Gasteiger charge is -2.60. The molecule has 0 amide bonds. The molecule has 2 aliphatic heterocycles. The summed E-state index contributed by atoms with van der Waals surface area (Å²) in [5, 5.41) is 10.6. The van der Waals surface area contributed by atoms with E-state index in [2.05, 4.69) is 72.0 Å². The van der Waals surface area contributed by atoms with Crippen LogP contribution >= 0.6 is 0 Å². The van der Waals surface area contributed by atoms with Gasteiger partial charge in [-0.25, -0.2) is 0 Å². The molecule has 0 spiro atoms. The number of aliphatic hydroxyl groups is 1. The van der Waals surface area contributed by atoms with E-state index in [4.69, 9.17) is 23.4 Å². The van der Waals surface area contributed by atoms with E-state index in [9.17, 15) is 5.11 Å². The molecule has 2 heterocycles. The predicted octanol–water partition coefficient (Wildman–Crippen LogP) is 7.05. The molecule has 0 saturated carbocycles. The largest absolute Gasteiger partial charge is 0.411 e. The summed E-state index contributed by atoms with van der Waals surface area (Å²) < 4.78 is 33.5. The number of ether oxygens (including phenoxy) is 4. The van der Waals surface area contributed by atoms with Crippen molar-refractivity contribution in [3.05, 3.63) is 71.8 Å². The number of aliphatic hydroxyl groups excluding tert-OH is 1. The second-order valence-electron chi connectivity index (χ2n) is 14.2. The molecule has 0 radical (unpaired) electrons. The van der Waals surface area contributed by atoms with Crippen molar-refractivity contribution in [3.8, 4) is 0 Å². The predicted molar refractivity (Wildman–Crippen MR) is 165 cm³/mol. The van der Waals surface area contributed by atoms with Crippen molar-refractivity contribution in [1.82, 2.24) is 0 Å². The van der Waals surface area contributed by atoms with Gasteiger partial charge in [0.1, 0.15) is 5.60 Å². The van der Waals surface area contributed by atoms with Crippen LogP contribution in [0.15, 0.2) is 60.7 Å². The zero-order valence-corrected chi connectivity index (χ0v) is 27.4. The van der Waals surface area contributed by atoms with E-state index >= 15 is 0 Å². The quantitative estimate of drug-likeness (QED) is 0.226. The second kappa shape index (κ2) is 12.6. The van der Waals surface area contributed by atoms with Crippen LogP contribution in [0.2, 0.25) is 18.1 Å². The Morgan fingerprint density at radius 1 is 0.878 bits per heavy atom. The van der Waals surface area contributed by atoms with Crippen LogP contribution in [0.4, 0.5) is 0 Å². The standard InChI is InChI=1S/C34H52O6Si/c1-31(2,3)41(7,8)39-29-21-28-33(5,40-34(29,6)25-35)22-30(37-24-27-17-13-10-14-18-27)32(4,38-28)19-20-36-23-26-15-11-9-12-16-26/h9-18,28-30,35H,19-25H2,1-8H3/t28-,29+,30-,32+,33+,34-/m1/s1. The molecule has 7 heteroatoms. The highest BCUT2D eigenvalue weighted by Gasteiger charge is 2.61. The lowest BCUT2D eigenvalue weighted by atomic mass is 9.74. The molecule has 0 bridgehead atoms. The second-order valence-corrected chi connectivity index (χ2v) is 18.9. The highest BCUT2D eigenvalue weighted by Crippen LogP contribution is 2.50. The molecule has 2 aromatic rings. The lowest BCUT2D eigenvalue weighted by molar-refractivity contribution is -0.341. The normalized spacial score (nSPS) is 32.5. The molecule has 2 aliphatic rings. The molecule has 0 unspecified atom stereocenters. The molecule has 6 atom stereocenters. The van der Waals surface area contributed by atoms with Crippen LogP contribution in [0.5, 0.6) is 0 Å².